The second-order valence-corrected chi connectivity index (χ2v) is 8.40. The first kappa shape index (κ1) is 18.5. The number of ether oxygens (including phenoxy) is 1. The summed E-state index contributed by atoms with van der Waals surface area (Å²) >= 11 is 0. The van der Waals surface area contributed by atoms with Crippen molar-refractivity contribution in [3.05, 3.63) is 59.3 Å². The van der Waals surface area contributed by atoms with E-state index in [9.17, 15) is 4.79 Å². The van der Waals surface area contributed by atoms with Crippen LogP contribution in [0, 0.1) is 0 Å². The zero-order valence-corrected chi connectivity index (χ0v) is 17.4. The van der Waals surface area contributed by atoms with Crippen LogP contribution in [0.2, 0.25) is 0 Å². The van der Waals surface area contributed by atoms with E-state index in [4.69, 9.17) is 9.72 Å². The SMILES string of the molecule is O=C(c1ccc(-c2nc3ccc4[nH]ncc4c3c3c2CCCC3)cc1)N1CCOCC1. The number of nitrogens with one attached hydrogen (secondary N) is 1. The van der Waals surface area contributed by atoms with Gasteiger partial charge in [0.05, 0.1) is 36.1 Å². The molecule has 1 N–H and O–H groups in total. The van der Waals surface area contributed by atoms with Crippen LogP contribution in [0.15, 0.2) is 42.6 Å². The highest BCUT2D eigenvalue weighted by Gasteiger charge is 2.22. The van der Waals surface area contributed by atoms with Gasteiger partial charge in [0.15, 0.2) is 0 Å². The Hall–Kier alpha value is -3.25. The number of carbonyl (C=O) groups is 1. The van der Waals surface area contributed by atoms with Gasteiger partial charge >= 0.3 is 0 Å². The molecule has 2 aliphatic rings. The third-order valence-corrected chi connectivity index (χ3v) is 6.59. The molecule has 0 bridgehead atoms. The molecule has 156 valence electrons. The number of hydrogen-bond donors (Lipinski definition) is 1. The molecule has 0 radical (unpaired) electrons. The largest absolute Gasteiger partial charge is 0.378 e. The first-order valence-electron chi connectivity index (χ1n) is 11.0. The number of rotatable bonds is 2. The number of amides is 1. The Morgan fingerprint density at radius 3 is 2.55 bits per heavy atom. The summed E-state index contributed by atoms with van der Waals surface area (Å²) in [5, 5.41) is 9.73. The lowest BCUT2D eigenvalue weighted by atomic mass is 9.85. The summed E-state index contributed by atoms with van der Waals surface area (Å²) in [4.78, 5) is 19.8. The Labute approximate surface area is 180 Å². The molecule has 1 fully saturated rings. The van der Waals surface area contributed by atoms with Gasteiger partial charge in [0.25, 0.3) is 5.91 Å². The number of fused-ring (bicyclic) bond motifs is 5. The van der Waals surface area contributed by atoms with Gasteiger partial charge in [0.1, 0.15) is 0 Å². The molecule has 1 aliphatic heterocycles. The fourth-order valence-electron chi connectivity index (χ4n) is 5.01. The molecule has 2 aromatic heterocycles. The highest BCUT2D eigenvalue weighted by atomic mass is 16.5. The number of benzene rings is 2. The molecule has 3 heterocycles. The molecule has 0 saturated carbocycles. The molecule has 6 rings (SSSR count). The standard InChI is InChI=1S/C25H24N4O2/c30-25(29-11-13-31-14-12-29)17-7-5-16(6-8-17)24-19-4-2-1-3-18(19)23-20-15-26-28-21(20)9-10-22(23)27-24/h5-10,15H,1-4,11-14H2,(H,26,28). The van der Waals surface area contributed by atoms with Gasteiger partial charge in [-0.1, -0.05) is 12.1 Å². The Bertz CT molecular complexity index is 1290. The molecular weight excluding hydrogens is 388 g/mol. The first-order chi connectivity index (χ1) is 15.3. The van der Waals surface area contributed by atoms with Crippen molar-refractivity contribution in [1.82, 2.24) is 20.1 Å². The van der Waals surface area contributed by atoms with E-state index >= 15 is 0 Å². The van der Waals surface area contributed by atoms with E-state index in [1.807, 2.05) is 35.4 Å². The number of aryl methyl sites for hydroxylation is 1. The van der Waals surface area contributed by atoms with E-state index in [0.29, 0.717) is 26.3 Å². The van der Waals surface area contributed by atoms with Crippen molar-refractivity contribution in [3.8, 4) is 11.3 Å². The molecule has 2 aromatic carbocycles. The highest BCUT2D eigenvalue weighted by Crippen LogP contribution is 2.37. The molecule has 6 nitrogen and oxygen atoms in total. The number of morpholine rings is 1. The van der Waals surface area contributed by atoms with E-state index in [2.05, 4.69) is 22.3 Å². The quantitative estimate of drug-likeness (QED) is 0.537. The number of aromatic amines is 1. The minimum Gasteiger partial charge on any atom is -0.378 e. The second kappa shape index (κ2) is 7.46. The van der Waals surface area contributed by atoms with E-state index in [1.165, 1.54) is 29.4 Å². The lowest BCUT2D eigenvalue weighted by molar-refractivity contribution is 0.0303. The fraction of sp³-hybridized carbons (Fsp3) is 0.320. The van der Waals surface area contributed by atoms with Crippen LogP contribution < -0.4 is 0 Å². The van der Waals surface area contributed by atoms with Crippen LogP contribution in [0.4, 0.5) is 0 Å². The van der Waals surface area contributed by atoms with Crippen molar-refractivity contribution in [2.45, 2.75) is 25.7 Å². The van der Waals surface area contributed by atoms with Crippen molar-refractivity contribution in [1.29, 1.82) is 0 Å². The summed E-state index contributed by atoms with van der Waals surface area (Å²) < 4.78 is 5.36. The van der Waals surface area contributed by atoms with Gasteiger partial charge in [-0.25, -0.2) is 4.98 Å². The maximum Gasteiger partial charge on any atom is 0.254 e. The zero-order valence-electron chi connectivity index (χ0n) is 17.4. The third-order valence-electron chi connectivity index (χ3n) is 6.59. The number of hydrogen-bond acceptors (Lipinski definition) is 4. The minimum absolute atomic E-state index is 0.0747. The molecule has 31 heavy (non-hydrogen) atoms. The Balaban J connectivity index is 1.44. The summed E-state index contributed by atoms with van der Waals surface area (Å²) in [5.74, 6) is 0.0747. The molecule has 1 amide bonds. The van der Waals surface area contributed by atoms with Gasteiger partial charge in [0.2, 0.25) is 0 Å². The molecule has 4 aromatic rings. The Kier molecular flexibility index (Phi) is 4.46. The van der Waals surface area contributed by atoms with Gasteiger partial charge in [0, 0.05) is 35.0 Å². The molecule has 6 heteroatoms. The smallest absolute Gasteiger partial charge is 0.254 e. The zero-order chi connectivity index (χ0) is 20.8. The van der Waals surface area contributed by atoms with Crippen molar-refractivity contribution >= 4 is 27.7 Å². The van der Waals surface area contributed by atoms with Crippen LogP contribution >= 0.6 is 0 Å². The van der Waals surface area contributed by atoms with Crippen LogP contribution in [0.5, 0.6) is 0 Å². The number of carbonyl (C=O) groups excluding carboxylic acids is 1. The van der Waals surface area contributed by atoms with Gasteiger partial charge in [-0.15, -0.1) is 0 Å². The number of H-pyrrole nitrogens is 1. The van der Waals surface area contributed by atoms with Gasteiger partial charge in [-0.3, -0.25) is 9.89 Å². The van der Waals surface area contributed by atoms with Crippen molar-refractivity contribution < 1.29 is 9.53 Å². The van der Waals surface area contributed by atoms with Crippen molar-refractivity contribution in [2.24, 2.45) is 0 Å². The first-order valence-corrected chi connectivity index (χ1v) is 11.0. The molecule has 0 unspecified atom stereocenters. The van der Waals surface area contributed by atoms with Crippen LogP contribution in [0.25, 0.3) is 33.1 Å². The van der Waals surface area contributed by atoms with Crippen molar-refractivity contribution in [3.63, 3.8) is 0 Å². The summed E-state index contributed by atoms with van der Waals surface area (Å²) in [6.07, 6.45) is 6.41. The maximum absolute atomic E-state index is 12.8. The topological polar surface area (TPSA) is 71.1 Å². The maximum atomic E-state index is 12.8. The van der Waals surface area contributed by atoms with E-state index in [1.54, 1.807) is 0 Å². The average Bonchev–Trinajstić information content (AvgIpc) is 3.33. The monoisotopic (exact) mass is 412 g/mol. The molecular formula is C25H24N4O2. The summed E-state index contributed by atoms with van der Waals surface area (Å²) in [6.45, 7) is 2.54. The second-order valence-electron chi connectivity index (χ2n) is 8.40. The normalized spacial score (nSPS) is 16.6. The van der Waals surface area contributed by atoms with Crippen LogP contribution in [0.3, 0.4) is 0 Å². The molecule has 0 atom stereocenters. The Morgan fingerprint density at radius 1 is 0.968 bits per heavy atom. The summed E-state index contributed by atoms with van der Waals surface area (Å²) in [5.41, 5.74) is 7.67. The number of nitrogens with zero attached hydrogens (tertiary/aromatic N) is 3. The predicted molar refractivity (Wildman–Crippen MR) is 120 cm³/mol. The molecule has 1 saturated heterocycles. The van der Waals surface area contributed by atoms with E-state index in [-0.39, 0.29) is 5.91 Å². The highest BCUT2D eigenvalue weighted by molar-refractivity contribution is 6.07. The van der Waals surface area contributed by atoms with Gasteiger partial charge in [-0.05, 0) is 61.1 Å². The lowest BCUT2D eigenvalue weighted by Crippen LogP contribution is -2.40. The van der Waals surface area contributed by atoms with E-state index < -0.39 is 0 Å². The fourth-order valence-corrected chi connectivity index (χ4v) is 5.01. The number of pyridine rings is 1. The summed E-state index contributed by atoms with van der Waals surface area (Å²) in [7, 11) is 0. The molecule has 1 aliphatic carbocycles. The van der Waals surface area contributed by atoms with Crippen molar-refractivity contribution in [2.75, 3.05) is 26.3 Å². The Morgan fingerprint density at radius 2 is 1.74 bits per heavy atom. The predicted octanol–water partition coefficient (Wildman–Crippen LogP) is 4.13. The van der Waals surface area contributed by atoms with Crippen LogP contribution in [0.1, 0.15) is 34.3 Å². The summed E-state index contributed by atoms with van der Waals surface area (Å²) in [6, 6.07) is 12.1. The van der Waals surface area contributed by atoms with Crippen LogP contribution in [-0.4, -0.2) is 52.3 Å². The average molecular weight is 412 g/mol. The minimum atomic E-state index is 0.0747. The van der Waals surface area contributed by atoms with E-state index in [0.717, 1.165) is 46.1 Å². The lowest BCUT2D eigenvalue weighted by Gasteiger charge is -2.27. The third kappa shape index (κ3) is 3.10. The van der Waals surface area contributed by atoms with Gasteiger partial charge in [-0.2, -0.15) is 5.10 Å². The number of aromatic nitrogens is 3. The van der Waals surface area contributed by atoms with Crippen LogP contribution in [-0.2, 0) is 17.6 Å². The van der Waals surface area contributed by atoms with Gasteiger partial charge < -0.3 is 9.64 Å². The molecule has 0 spiro atoms.